The summed E-state index contributed by atoms with van der Waals surface area (Å²) in [5.41, 5.74) is 0.786. The van der Waals surface area contributed by atoms with Gasteiger partial charge in [-0.1, -0.05) is 18.2 Å². The first-order valence-corrected chi connectivity index (χ1v) is 8.07. The highest BCUT2D eigenvalue weighted by Crippen LogP contribution is 2.27. The van der Waals surface area contributed by atoms with Crippen molar-refractivity contribution in [1.29, 1.82) is 5.26 Å². The molecule has 1 saturated carbocycles. The SMILES string of the molecule is CC(C#N)(CCSc1cc2ccccc2[nH]1)NC1CC1. The maximum absolute atomic E-state index is 9.34. The smallest absolute Gasteiger partial charge is 0.104 e. The summed E-state index contributed by atoms with van der Waals surface area (Å²) in [5.74, 6) is 0.941. The maximum atomic E-state index is 9.34. The Labute approximate surface area is 123 Å². The molecule has 1 fully saturated rings. The zero-order valence-corrected chi connectivity index (χ0v) is 12.5. The van der Waals surface area contributed by atoms with Crippen LogP contribution in [0.5, 0.6) is 0 Å². The summed E-state index contributed by atoms with van der Waals surface area (Å²) in [6.07, 6.45) is 3.29. The monoisotopic (exact) mass is 285 g/mol. The van der Waals surface area contributed by atoms with E-state index in [0.29, 0.717) is 6.04 Å². The Morgan fingerprint density at radius 3 is 2.95 bits per heavy atom. The maximum Gasteiger partial charge on any atom is 0.104 e. The summed E-state index contributed by atoms with van der Waals surface area (Å²) >= 11 is 1.79. The summed E-state index contributed by atoms with van der Waals surface area (Å²) in [7, 11) is 0. The number of aromatic nitrogens is 1. The summed E-state index contributed by atoms with van der Waals surface area (Å²) in [4.78, 5) is 3.41. The first-order chi connectivity index (χ1) is 9.68. The first-order valence-electron chi connectivity index (χ1n) is 7.08. The van der Waals surface area contributed by atoms with E-state index in [-0.39, 0.29) is 5.54 Å². The van der Waals surface area contributed by atoms with Crippen molar-refractivity contribution >= 4 is 22.7 Å². The molecule has 1 aliphatic carbocycles. The Kier molecular flexibility index (Phi) is 3.73. The summed E-state index contributed by atoms with van der Waals surface area (Å²) in [5, 5.41) is 15.2. The molecule has 1 atom stereocenters. The number of fused-ring (bicyclic) bond motifs is 1. The van der Waals surface area contributed by atoms with Crippen LogP contribution in [0.25, 0.3) is 10.9 Å². The predicted octanol–water partition coefficient (Wildman–Crippen LogP) is 3.68. The van der Waals surface area contributed by atoms with Crippen LogP contribution in [-0.4, -0.2) is 22.3 Å². The highest BCUT2D eigenvalue weighted by molar-refractivity contribution is 7.99. The van der Waals surface area contributed by atoms with Crippen molar-refractivity contribution in [3.63, 3.8) is 0 Å². The van der Waals surface area contributed by atoms with Crippen molar-refractivity contribution in [3.05, 3.63) is 30.3 Å². The number of H-pyrrole nitrogens is 1. The standard InChI is InChI=1S/C16H19N3S/c1-16(11-17,19-13-6-7-13)8-9-20-15-10-12-4-2-3-5-14(12)18-15/h2-5,10,13,18-19H,6-9H2,1H3. The number of para-hydroxylation sites is 1. The van der Waals surface area contributed by atoms with Gasteiger partial charge in [-0.25, -0.2) is 0 Å². The van der Waals surface area contributed by atoms with E-state index < -0.39 is 0 Å². The third kappa shape index (κ3) is 3.17. The van der Waals surface area contributed by atoms with E-state index in [1.807, 2.05) is 13.0 Å². The van der Waals surface area contributed by atoms with Crippen LogP contribution in [0, 0.1) is 11.3 Å². The van der Waals surface area contributed by atoms with Crippen LogP contribution in [0.2, 0.25) is 0 Å². The highest BCUT2D eigenvalue weighted by Gasteiger charge is 2.32. The molecule has 4 heteroatoms. The Balaban J connectivity index is 1.57. The van der Waals surface area contributed by atoms with E-state index in [1.54, 1.807) is 11.8 Å². The minimum Gasteiger partial charge on any atom is -0.350 e. The van der Waals surface area contributed by atoms with E-state index in [1.165, 1.54) is 28.8 Å². The molecule has 1 heterocycles. The Bertz CT molecular complexity index is 605. The molecule has 20 heavy (non-hydrogen) atoms. The second-order valence-electron chi connectivity index (χ2n) is 5.68. The molecule has 0 amide bonds. The van der Waals surface area contributed by atoms with Gasteiger partial charge in [0.05, 0.1) is 11.1 Å². The fourth-order valence-electron chi connectivity index (χ4n) is 2.33. The molecule has 0 radical (unpaired) electrons. The van der Waals surface area contributed by atoms with Crippen molar-refractivity contribution in [3.8, 4) is 6.07 Å². The van der Waals surface area contributed by atoms with Crippen LogP contribution in [0.1, 0.15) is 26.2 Å². The Morgan fingerprint density at radius 1 is 1.45 bits per heavy atom. The number of nitrogens with one attached hydrogen (secondary N) is 2. The molecule has 1 aromatic carbocycles. The normalized spacial score (nSPS) is 17.8. The molecule has 0 saturated heterocycles. The molecule has 104 valence electrons. The topological polar surface area (TPSA) is 51.6 Å². The van der Waals surface area contributed by atoms with E-state index in [4.69, 9.17) is 0 Å². The van der Waals surface area contributed by atoms with Gasteiger partial charge in [0.2, 0.25) is 0 Å². The average molecular weight is 285 g/mol. The lowest BCUT2D eigenvalue weighted by Gasteiger charge is -2.22. The molecular weight excluding hydrogens is 266 g/mol. The van der Waals surface area contributed by atoms with Crippen LogP contribution in [0.4, 0.5) is 0 Å². The predicted molar refractivity (Wildman–Crippen MR) is 83.8 cm³/mol. The second-order valence-corrected chi connectivity index (χ2v) is 6.82. The summed E-state index contributed by atoms with van der Waals surface area (Å²) < 4.78 is 0. The van der Waals surface area contributed by atoms with Crippen LogP contribution in [-0.2, 0) is 0 Å². The molecule has 1 aromatic heterocycles. The summed E-state index contributed by atoms with van der Waals surface area (Å²) in [6, 6.07) is 13.5. The van der Waals surface area contributed by atoms with Crippen molar-refractivity contribution in [2.75, 3.05) is 5.75 Å². The molecule has 0 aliphatic heterocycles. The molecular formula is C16H19N3S. The zero-order chi connectivity index (χ0) is 14.0. The van der Waals surface area contributed by atoms with E-state index in [0.717, 1.165) is 12.2 Å². The van der Waals surface area contributed by atoms with Gasteiger partial charge < -0.3 is 4.98 Å². The van der Waals surface area contributed by atoms with Crippen LogP contribution < -0.4 is 5.32 Å². The molecule has 0 bridgehead atoms. The van der Waals surface area contributed by atoms with Gasteiger partial charge in [-0.3, -0.25) is 5.32 Å². The average Bonchev–Trinajstić information content (AvgIpc) is 3.15. The van der Waals surface area contributed by atoms with Gasteiger partial charge >= 0.3 is 0 Å². The van der Waals surface area contributed by atoms with Crippen LogP contribution in [0.15, 0.2) is 35.4 Å². The Hall–Kier alpha value is -1.44. The van der Waals surface area contributed by atoms with Gasteiger partial charge in [-0.2, -0.15) is 5.26 Å². The molecule has 1 aliphatic rings. The number of nitriles is 1. The van der Waals surface area contributed by atoms with Crippen molar-refractivity contribution < 1.29 is 0 Å². The molecule has 2 N–H and O–H groups in total. The van der Waals surface area contributed by atoms with Gasteiger partial charge in [-0.05, 0) is 38.3 Å². The van der Waals surface area contributed by atoms with Crippen molar-refractivity contribution in [2.24, 2.45) is 0 Å². The van der Waals surface area contributed by atoms with Gasteiger partial charge in [0.1, 0.15) is 5.54 Å². The number of aromatic amines is 1. The number of rotatable bonds is 6. The van der Waals surface area contributed by atoms with Crippen molar-refractivity contribution in [1.82, 2.24) is 10.3 Å². The van der Waals surface area contributed by atoms with Gasteiger partial charge in [0.15, 0.2) is 0 Å². The van der Waals surface area contributed by atoms with Crippen LogP contribution >= 0.6 is 11.8 Å². The lowest BCUT2D eigenvalue weighted by Crippen LogP contribution is -2.42. The van der Waals surface area contributed by atoms with E-state index in [2.05, 4.69) is 40.6 Å². The highest BCUT2D eigenvalue weighted by atomic mass is 32.2. The third-order valence-corrected chi connectivity index (χ3v) is 4.65. The minimum atomic E-state index is -0.389. The largest absolute Gasteiger partial charge is 0.350 e. The number of hydrogen-bond acceptors (Lipinski definition) is 3. The molecule has 3 nitrogen and oxygen atoms in total. The first kappa shape index (κ1) is 13.5. The molecule has 3 rings (SSSR count). The van der Waals surface area contributed by atoms with E-state index >= 15 is 0 Å². The quantitative estimate of drug-likeness (QED) is 0.796. The summed E-state index contributed by atoms with van der Waals surface area (Å²) in [6.45, 7) is 2.01. The minimum absolute atomic E-state index is 0.389. The fourth-order valence-corrected chi connectivity index (χ4v) is 3.45. The lowest BCUT2D eigenvalue weighted by molar-refractivity contribution is 0.433. The van der Waals surface area contributed by atoms with Gasteiger partial charge in [-0.15, -0.1) is 11.8 Å². The fraction of sp³-hybridized carbons (Fsp3) is 0.438. The zero-order valence-electron chi connectivity index (χ0n) is 11.6. The number of nitrogens with zero attached hydrogens (tertiary/aromatic N) is 1. The third-order valence-electron chi connectivity index (χ3n) is 3.71. The Morgan fingerprint density at radius 2 is 2.25 bits per heavy atom. The van der Waals surface area contributed by atoms with Crippen molar-refractivity contribution in [2.45, 2.75) is 42.8 Å². The second kappa shape index (κ2) is 5.51. The van der Waals surface area contributed by atoms with Gasteiger partial charge in [0.25, 0.3) is 0 Å². The van der Waals surface area contributed by atoms with E-state index in [9.17, 15) is 5.26 Å². The molecule has 2 aromatic rings. The lowest BCUT2D eigenvalue weighted by atomic mass is 10.0. The molecule has 1 unspecified atom stereocenters. The number of thioether (sulfide) groups is 1. The van der Waals surface area contributed by atoms with Gasteiger partial charge in [0, 0.05) is 22.7 Å². The number of hydrogen-bond donors (Lipinski definition) is 2. The van der Waals surface area contributed by atoms with Crippen LogP contribution in [0.3, 0.4) is 0 Å². The number of benzene rings is 1. The molecule has 0 spiro atoms.